The topological polar surface area (TPSA) is 114 Å². The molecule has 0 radical (unpaired) electrons. The quantitative estimate of drug-likeness (QED) is 0.116. The van der Waals surface area contributed by atoms with E-state index in [2.05, 4.69) is 0 Å². The zero-order valence-corrected chi connectivity index (χ0v) is 20.1. The third-order valence-electron chi connectivity index (χ3n) is 5.30. The van der Waals surface area contributed by atoms with Crippen LogP contribution in [-0.2, 0) is 12.4 Å². The Labute approximate surface area is 225 Å². The Hall–Kier alpha value is -5.34. The highest BCUT2D eigenvalue weighted by Gasteiger charge is 2.37. The summed E-state index contributed by atoms with van der Waals surface area (Å²) in [6.45, 7) is 0. The van der Waals surface area contributed by atoms with Gasteiger partial charge in [0.15, 0.2) is 0 Å². The number of benzene rings is 4. The van der Waals surface area contributed by atoms with Gasteiger partial charge in [0.05, 0.1) is 9.85 Å². The molecular weight excluding hydrogens is 566 g/mol. The molecule has 0 fully saturated rings. The molecule has 4 aromatic carbocycles. The molecule has 212 valence electrons. The van der Waals surface area contributed by atoms with Crippen LogP contribution >= 0.6 is 0 Å². The standard InChI is InChI=1S/C26H14F6N2O7/c27-25(28,29)21-13-15(33(35)36)1-11-23(21)40-19-7-3-17(4-8-19)39-18-5-9-20(10-6-18)41-24-12-2-16(34(37)38)14-22(24)26(30,31)32/h1-14H. The number of nitro benzene ring substituents is 2. The van der Waals surface area contributed by atoms with Crippen molar-refractivity contribution in [3.63, 3.8) is 0 Å². The van der Waals surface area contributed by atoms with E-state index in [0.29, 0.717) is 12.1 Å². The van der Waals surface area contributed by atoms with E-state index in [9.17, 15) is 46.6 Å². The molecule has 0 aliphatic heterocycles. The van der Waals surface area contributed by atoms with E-state index in [1.807, 2.05) is 0 Å². The summed E-state index contributed by atoms with van der Waals surface area (Å²) in [6, 6.07) is 14.8. The first kappa shape index (κ1) is 28.7. The Kier molecular flexibility index (Phi) is 7.71. The van der Waals surface area contributed by atoms with Crippen LogP contribution < -0.4 is 14.2 Å². The van der Waals surface area contributed by atoms with Crippen molar-refractivity contribution in [2.24, 2.45) is 0 Å². The predicted molar refractivity (Wildman–Crippen MR) is 129 cm³/mol. The fraction of sp³-hybridized carbons (Fsp3) is 0.0769. The molecular formula is C26H14F6N2O7. The van der Waals surface area contributed by atoms with Gasteiger partial charge in [0, 0.05) is 24.3 Å². The first-order valence-electron chi connectivity index (χ1n) is 11.2. The number of hydrogen-bond donors (Lipinski definition) is 0. The summed E-state index contributed by atoms with van der Waals surface area (Å²) < 4.78 is 96.3. The summed E-state index contributed by atoms with van der Waals surface area (Å²) in [6.07, 6.45) is -9.82. The van der Waals surface area contributed by atoms with Gasteiger partial charge in [0.1, 0.15) is 45.6 Å². The Bertz CT molecular complexity index is 1470. The maximum atomic E-state index is 13.4. The first-order valence-corrected chi connectivity index (χ1v) is 11.2. The molecule has 0 heterocycles. The molecule has 0 aliphatic rings. The maximum absolute atomic E-state index is 13.4. The van der Waals surface area contributed by atoms with Crippen LogP contribution in [0.25, 0.3) is 0 Å². The molecule has 0 atom stereocenters. The van der Waals surface area contributed by atoms with Crippen LogP contribution in [0, 0.1) is 20.2 Å². The molecule has 0 spiro atoms. The van der Waals surface area contributed by atoms with Crippen molar-refractivity contribution in [1.29, 1.82) is 0 Å². The molecule has 41 heavy (non-hydrogen) atoms. The summed E-state index contributed by atoms with van der Waals surface area (Å²) >= 11 is 0. The van der Waals surface area contributed by atoms with Crippen molar-refractivity contribution in [3.05, 3.63) is 116 Å². The summed E-state index contributed by atoms with van der Waals surface area (Å²) in [4.78, 5) is 19.8. The number of ether oxygens (including phenoxy) is 3. The minimum atomic E-state index is -4.91. The van der Waals surface area contributed by atoms with E-state index in [4.69, 9.17) is 14.2 Å². The minimum Gasteiger partial charge on any atom is -0.457 e. The van der Waals surface area contributed by atoms with Crippen molar-refractivity contribution in [3.8, 4) is 34.5 Å². The highest BCUT2D eigenvalue weighted by atomic mass is 19.4. The number of non-ortho nitro benzene ring substituents is 2. The van der Waals surface area contributed by atoms with Gasteiger partial charge in [0.25, 0.3) is 11.4 Å². The lowest BCUT2D eigenvalue weighted by Gasteiger charge is -2.14. The third kappa shape index (κ3) is 7.00. The third-order valence-corrected chi connectivity index (χ3v) is 5.30. The minimum absolute atomic E-state index is 0.0241. The molecule has 0 amide bonds. The van der Waals surface area contributed by atoms with Crippen LogP contribution in [0.15, 0.2) is 84.9 Å². The van der Waals surface area contributed by atoms with Crippen LogP contribution in [-0.4, -0.2) is 9.85 Å². The molecule has 0 aliphatic carbocycles. The summed E-state index contributed by atoms with van der Waals surface area (Å²) in [5.41, 5.74) is -4.16. The number of nitro groups is 2. The average molecular weight is 580 g/mol. The molecule has 0 bridgehead atoms. The van der Waals surface area contributed by atoms with Crippen molar-refractivity contribution >= 4 is 11.4 Å². The summed E-state index contributed by atoms with van der Waals surface area (Å²) in [5.74, 6) is -0.892. The second-order valence-electron chi connectivity index (χ2n) is 8.12. The van der Waals surface area contributed by atoms with Gasteiger partial charge >= 0.3 is 12.4 Å². The molecule has 0 saturated heterocycles. The van der Waals surface area contributed by atoms with E-state index in [0.717, 1.165) is 24.3 Å². The van der Waals surface area contributed by atoms with Crippen molar-refractivity contribution < 1.29 is 50.4 Å². The van der Waals surface area contributed by atoms with Crippen molar-refractivity contribution in [2.75, 3.05) is 0 Å². The molecule has 0 unspecified atom stereocenters. The second-order valence-corrected chi connectivity index (χ2v) is 8.12. The van der Waals surface area contributed by atoms with Gasteiger partial charge in [-0.2, -0.15) is 26.3 Å². The van der Waals surface area contributed by atoms with Crippen molar-refractivity contribution in [1.82, 2.24) is 0 Å². The van der Waals surface area contributed by atoms with Gasteiger partial charge in [-0.1, -0.05) is 0 Å². The second kappa shape index (κ2) is 11.0. The molecule has 0 aromatic heterocycles. The van der Waals surface area contributed by atoms with Crippen molar-refractivity contribution in [2.45, 2.75) is 12.4 Å². The summed E-state index contributed by atoms with van der Waals surface area (Å²) in [5, 5.41) is 21.7. The first-order chi connectivity index (χ1) is 19.2. The number of rotatable bonds is 8. The fourth-order valence-electron chi connectivity index (χ4n) is 3.43. The molecule has 0 N–H and O–H groups in total. The van der Waals surface area contributed by atoms with Crippen LogP contribution in [0.1, 0.15) is 11.1 Å². The van der Waals surface area contributed by atoms with Gasteiger partial charge < -0.3 is 14.2 Å². The zero-order chi connectivity index (χ0) is 29.9. The van der Waals surface area contributed by atoms with Crippen LogP contribution in [0.4, 0.5) is 37.7 Å². The maximum Gasteiger partial charge on any atom is 0.420 e. The molecule has 0 saturated carbocycles. The van der Waals surface area contributed by atoms with E-state index >= 15 is 0 Å². The Morgan fingerprint density at radius 2 is 0.780 bits per heavy atom. The lowest BCUT2D eigenvalue weighted by Crippen LogP contribution is -2.08. The van der Waals surface area contributed by atoms with E-state index in [-0.39, 0.29) is 23.0 Å². The molecule has 4 aromatic rings. The van der Waals surface area contributed by atoms with Crippen LogP contribution in [0.2, 0.25) is 0 Å². The lowest BCUT2D eigenvalue weighted by atomic mass is 10.1. The van der Waals surface area contributed by atoms with Crippen LogP contribution in [0.5, 0.6) is 34.5 Å². The number of halogens is 6. The summed E-state index contributed by atoms with van der Waals surface area (Å²) in [7, 11) is 0. The van der Waals surface area contributed by atoms with Gasteiger partial charge in [-0.3, -0.25) is 20.2 Å². The van der Waals surface area contributed by atoms with Gasteiger partial charge in [0.2, 0.25) is 0 Å². The monoisotopic (exact) mass is 580 g/mol. The molecule has 4 rings (SSSR count). The number of alkyl halides is 6. The van der Waals surface area contributed by atoms with Crippen LogP contribution in [0.3, 0.4) is 0 Å². The fourth-order valence-corrected chi connectivity index (χ4v) is 3.43. The molecule has 15 heteroatoms. The normalized spacial score (nSPS) is 11.6. The Morgan fingerprint density at radius 3 is 1.05 bits per heavy atom. The van der Waals surface area contributed by atoms with E-state index < -0.39 is 56.2 Å². The molecule has 9 nitrogen and oxygen atoms in total. The lowest BCUT2D eigenvalue weighted by molar-refractivity contribution is -0.385. The smallest absolute Gasteiger partial charge is 0.420 e. The average Bonchev–Trinajstić information content (AvgIpc) is 2.90. The Morgan fingerprint density at radius 1 is 0.488 bits per heavy atom. The highest BCUT2D eigenvalue weighted by Crippen LogP contribution is 2.42. The SMILES string of the molecule is O=[N+]([O-])c1ccc(Oc2ccc(Oc3ccc(Oc4ccc([N+](=O)[O-])cc4C(F)(F)F)cc3)cc2)c(C(F)(F)F)c1. The largest absolute Gasteiger partial charge is 0.457 e. The van der Waals surface area contributed by atoms with E-state index in [1.54, 1.807) is 0 Å². The zero-order valence-electron chi connectivity index (χ0n) is 20.1. The predicted octanol–water partition coefficient (Wildman–Crippen LogP) is 8.92. The van der Waals surface area contributed by atoms with Gasteiger partial charge in [-0.15, -0.1) is 0 Å². The van der Waals surface area contributed by atoms with E-state index in [1.165, 1.54) is 48.5 Å². The van der Waals surface area contributed by atoms with Gasteiger partial charge in [-0.25, -0.2) is 0 Å². The number of hydrogen-bond acceptors (Lipinski definition) is 7. The van der Waals surface area contributed by atoms with Gasteiger partial charge in [-0.05, 0) is 60.7 Å². The Balaban J connectivity index is 1.45. The highest BCUT2D eigenvalue weighted by molar-refractivity contribution is 5.49. The number of nitrogens with zero attached hydrogens (tertiary/aromatic N) is 2.